The fourth-order valence-corrected chi connectivity index (χ4v) is 2.19. The van der Waals surface area contributed by atoms with Gasteiger partial charge in [0.25, 0.3) is 8.03 Å². The summed E-state index contributed by atoms with van der Waals surface area (Å²) in [7, 11) is -2.82. The number of hydrogen-bond donors (Lipinski definition) is 0. The van der Waals surface area contributed by atoms with Crippen LogP contribution in [0.4, 0.5) is 0 Å². The number of carbonyl (C=O) groups is 2. The molecule has 0 aliphatic heterocycles. The molecule has 0 saturated heterocycles. The van der Waals surface area contributed by atoms with Crippen LogP contribution in [-0.2, 0) is 18.9 Å². The maximum atomic E-state index is 11.8. The molecule has 0 aromatic heterocycles. The summed E-state index contributed by atoms with van der Waals surface area (Å²) in [5.74, 6) is -2.12. The molecule has 2 atom stereocenters. The summed E-state index contributed by atoms with van der Waals surface area (Å²) in [5, 5.41) is 0. The zero-order chi connectivity index (χ0) is 12.8. The number of rotatable bonds is 5. The van der Waals surface area contributed by atoms with Crippen molar-refractivity contribution >= 4 is 19.8 Å². The molecule has 5 nitrogen and oxygen atoms in total. The third kappa shape index (κ3) is 4.41. The van der Waals surface area contributed by atoms with E-state index < -0.39 is 25.6 Å². The number of Topliss-reactive ketones (excluding diaryl/α,β-unsaturated/α-hetero) is 1. The third-order valence-corrected chi connectivity index (χ3v) is 3.22. The Balaban J connectivity index is 2.72. The van der Waals surface area contributed by atoms with Gasteiger partial charge in [-0.1, -0.05) is 18.2 Å². The Morgan fingerprint density at radius 2 is 1.76 bits per heavy atom. The highest BCUT2D eigenvalue weighted by molar-refractivity contribution is 7.41. The fourth-order valence-electron chi connectivity index (χ4n) is 1.12. The van der Waals surface area contributed by atoms with Crippen LogP contribution in [0.25, 0.3) is 0 Å². The van der Waals surface area contributed by atoms with E-state index in [2.05, 4.69) is 4.74 Å². The standard InChI is InChI=1S/C11H13O5P/c1-8(12)11(15-9(2)13)17(14)16-10-6-4-3-5-7-10/h3-7,11,17H,1-2H3. The minimum Gasteiger partial charge on any atom is -0.443 e. The number of ether oxygens (including phenoxy) is 1. The van der Waals surface area contributed by atoms with Crippen LogP contribution < -0.4 is 4.52 Å². The molecule has 0 aliphatic rings. The van der Waals surface area contributed by atoms with Crippen molar-refractivity contribution in [1.29, 1.82) is 0 Å². The Labute approximate surface area is 99.6 Å². The molecule has 1 aromatic rings. The van der Waals surface area contributed by atoms with Gasteiger partial charge in [0.15, 0.2) is 5.78 Å². The predicted octanol–water partition coefficient (Wildman–Crippen LogP) is 2.02. The molecule has 0 spiro atoms. The van der Waals surface area contributed by atoms with Gasteiger partial charge in [-0.3, -0.25) is 14.2 Å². The second-order valence-electron chi connectivity index (χ2n) is 3.33. The van der Waals surface area contributed by atoms with E-state index >= 15 is 0 Å². The van der Waals surface area contributed by atoms with Crippen molar-refractivity contribution < 1.29 is 23.4 Å². The van der Waals surface area contributed by atoms with Gasteiger partial charge in [-0.25, -0.2) is 0 Å². The van der Waals surface area contributed by atoms with Gasteiger partial charge >= 0.3 is 5.97 Å². The number of benzene rings is 1. The largest absolute Gasteiger partial charge is 0.443 e. The Bertz CT molecular complexity index is 429. The lowest BCUT2D eigenvalue weighted by Crippen LogP contribution is -2.21. The first kappa shape index (κ1) is 13.5. The average molecular weight is 256 g/mol. The van der Waals surface area contributed by atoms with Gasteiger partial charge < -0.3 is 9.26 Å². The van der Waals surface area contributed by atoms with Crippen LogP contribution in [0.15, 0.2) is 30.3 Å². The Hall–Kier alpha value is -1.61. The molecular formula is C11H13O5P. The molecular weight excluding hydrogens is 243 g/mol. The fraction of sp³-hybridized carbons (Fsp3) is 0.273. The molecule has 6 heteroatoms. The summed E-state index contributed by atoms with van der Waals surface area (Å²) in [6.07, 6.45) is 0. The van der Waals surface area contributed by atoms with Crippen molar-refractivity contribution in [3.63, 3.8) is 0 Å². The summed E-state index contributed by atoms with van der Waals surface area (Å²) in [4.78, 5) is 21.9. The van der Waals surface area contributed by atoms with Gasteiger partial charge in [-0.05, 0) is 19.1 Å². The number of carbonyl (C=O) groups excluding carboxylic acids is 2. The quantitative estimate of drug-likeness (QED) is 0.595. The molecule has 1 rings (SSSR count). The van der Waals surface area contributed by atoms with Crippen molar-refractivity contribution in [2.75, 3.05) is 0 Å². The number of hydrogen-bond acceptors (Lipinski definition) is 5. The summed E-state index contributed by atoms with van der Waals surface area (Å²) in [6.45, 7) is 2.35. The van der Waals surface area contributed by atoms with E-state index in [0.717, 1.165) is 6.92 Å². The second-order valence-corrected chi connectivity index (χ2v) is 4.70. The monoisotopic (exact) mass is 256 g/mol. The number of ketones is 1. The minimum atomic E-state index is -2.82. The van der Waals surface area contributed by atoms with E-state index in [1.807, 2.05) is 0 Å². The summed E-state index contributed by atoms with van der Waals surface area (Å²) in [6, 6.07) is 8.40. The van der Waals surface area contributed by atoms with Crippen molar-refractivity contribution in [3.05, 3.63) is 30.3 Å². The first-order valence-electron chi connectivity index (χ1n) is 4.95. The molecule has 0 saturated carbocycles. The van der Waals surface area contributed by atoms with Gasteiger partial charge in [-0.2, -0.15) is 0 Å². The Kier molecular flexibility index (Phi) is 4.91. The van der Waals surface area contributed by atoms with Crippen LogP contribution >= 0.6 is 8.03 Å². The van der Waals surface area contributed by atoms with Crippen LogP contribution in [0.2, 0.25) is 0 Å². The lowest BCUT2D eigenvalue weighted by molar-refractivity contribution is -0.147. The summed E-state index contributed by atoms with van der Waals surface area (Å²) >= 11 is 0. The predicted molar refractivity (Wildman–Crippen MR) is 62.3 cm³/mol. The van der Waals surface area contributed by atoms with Crippen molar-refractivity contribution in [2.45, 2.75) is 19.7 Å². The first-order chi connectivity index (χ1) is 8.00. The highest BCUT2D eigenvalue weighted by Crippen LogP contribution is 2.33. The average Bonchev–Trinajstić information content (AvgIpc) is 2.26. The third-order valence-electron chi connectivity index (χ3n) is 1.83. The van der Waals surface area contributed by atoms with Gasteiger partial charge in [0, 0.05) is 6.92 Å². The normalized spacial score (nSPS) is 13.5. The van der Waals surface area contributed by atoms with E-state index in [4.69, 9.17) is 4.52 Å². The van der Waals surface area contributed by atoms with E-state index in [1.54, 1.807) is 30.3 Å². The van der Waals surface area contributed by atoms with Crippen LogP contribution in [0.3, 0.4) is 0 Å². The zero-order valence-electron chi connectivity index (χ0n) is 9.51. The molecule has 17 heavy (non-hydrogen) atoms. The van der Waals surface area contributed by atoms with Crippen molar-refractivity contribution in [1.82, 2.24) is 0 Å². The summed E-state index contributed by atoms with van der Waals surface area (Å²) in [5.41, 5.74) is 0. The van der Waals surface area contributed by atoms with E-state index in [1.165, 1.54) is 6.92 Å². The molecule has 0 radical (unpaired) electrons. The van der Waals surface area contributed by atoms with Crippen LogP contribution in [-0.4, -0.2) is 17.6 Å². The van der Waals surface area contributed by atoms with E-state index in [9.17, 15) is 14.2 Å². The molecule has 0 aliphatic carbocycles. The summed E-state index contributed by atoms with van der Waals surface area (Å²) < 4.78 is 21.5. The van der Waals surface area contributed by atoms with Gasteiger partial charge in [-0.15, -0.1) is 0 Å². The Morgan fingerprint density at radius 3 is 2.24 bits per heavy atom. The topological polar surface area (TPSA) is 69.7 Å². The van der Waals surface area contributed by atoms with Crippen molar-refractivity contribution in [3.8, 4) is 5.75 Å². The van der Waals surface area contributed by atoms with Crippen LogP contribution in [0, 0.1) is 0 Å². The van der Waals surface area contributed by atoms with Crippen LogP contribution in [0.1, 0.15) is 13.8 Å². The molecule has 0 fully saturated rings. The molecule has 0 bridgehead atoms. The molecule has 92 valence electrons. The SMILES string of the molecule is CC(=O)OC(C(C)=O)[PH](=O)Oc1ccccc1. The number of para-hydroxylation sites is 1. The molecule has 0 N–H and O–H groups in total. The van der Waals surface area contributed by atoms with Gasteiger partial charge in [0.05, 0.1) is 0 Å². The lowest BCUT2D eigenvalue weighted by Gasteiger charge is -2.14. The molecule has 1 aromatic carbocycles. The lowest BCUT2D eigenvalue weighted by atomic mass is 10.3. The van der Waals surface area contributed by atoms with Crippen LogP contribution in [0.5, 0.6) is 5.75 Å². The highest BCUT2D eigenvalue weighted by Gasteiger charge is 2.26. The maximum absolute atomic E-state index is 11.8. The highest BCUT2D eigenvalue weighted by atomic mass is 31.1. The van der Waals surface area contributed by atoms with Crippen molar-refractivity contribution in [2.24, 2.45) is 0 Å². The molecule has 0 heterocycles. The zero-order valence-corrected chi connectivity index (χ0v) is 10.5. The van der Waals surface area contributed by atoms with E-state index in [0.29, 0.717) is 5.75 Å². The first-order valence-corrected chi connectivity index (χ1v) is 6.34. The Morgan fingerprint density at radius 1 is 1.18 bits per heavy atom. The molecule has 0 amide bonds. The van der Waals surface area contributed by atoms with Gasteiger partial charge in [0.2, 0.25) is 5.85 Å². The second kappa shape index (κ2) is 6.21. The smallest absolute Gasteiger partial charge is 0.303 e. The minimum absolute atomic E-state index is 0.370. The number of esters is 1. The van der Waals surface area contributed by atoms with E-state index in [-0.39, 0.29) is 0 Å². The maximum Gasteiger partial charge on any atom is 0.303 e. The van der Waals surface area contributed by atoms with Gasteiger partial charge in [0.1, 0.15) is 5.75 Å². The molecule has 2 unspecified atom stereocenters.